The zero-order valence-corrected chi connectivity index (χ0v) is 25.3. The Morgan fingerprint density at radius 1 is 0.925 bits per heavy atom. The monoisotopic (exact) mass is 565 g/mol. The zero-order chi connectivity index (χ0) is 30.5. The first-order chi connectivity index (χ1) is 18.7. The summed E-state index contributed by atoms with van der Waals surface area (Å²) in [6, 6.07) is 4.95. The average molecular weight is 566 g/mol. The summed E-state index contributed by atoms with van der Waals surface area (Å²) in [7, 11) is 2.78. The number of hydrogen-bond donors (Lipinski definition) is 3. The maximum Gasteiger partial charge on any atom is 0.408 e. The Morgan fingerprint density at radius 2 is 1.55 bits per heavy atom. The summed E-state index contributed by atoms with van der Waals surface area (Å²) in [5.74, 6) is -1.52. The minimum absolute atomic E-state index is 0.0723. The van der Waals surface area contributed by atoms with E-state index in [0.717, 1.165) is 12.0 Å². The summed E-state index contributed by atoms with van der Waals surface area (Å²) < 4.78 is 20.9. The van der Waals surface area contributed by atoms with Crippen molar-refractivity contribution in [2.24, 2.45) is 5.92 Å². The number of rotatable bonds is 15. The van der Waals surface area contributed by atoms with Crippen LogP contribution in [0.1, 0.15) is 66.9 Å². The number of carbonyl (C=O) groups is 4. The molecule has 226 valence electrons. The summed E-state index contributed by atoms with van der Waals surface area (Å²) in [5.41, 5.74) is -1.46. The summed E-state index contributed by atoms with van der Waals surface area (Å²) in [4.78, 5) is 52.3. The molecule has 3 N–H and O–H groups in total. The molecule has 2 unspecified atom stereocenters. The summed E-state index contributed by atoms with van der Waals surface area (Å²) >= 11 is 0. The molecule has 4 atom stereocenters. The van der Waals surface area contributed by atoms with Crippen LogP contribution in [0.15, 0.2) is 24.3 Å². The lowest BCUT2D eigenvalue weighted by atomic mass is 9.83. The van der Waals surface area contributed by atoms with E-state index in [-0.39, 0.29) is 18.9 Å². The first-order valence-electron chi connectivity index (χ1n) is 13.6. The van der Waals surface area contributed by atoms with Gasteiger partial charge in [0, 0.05) is 13.0 Å². The van der Waals surface area contributed by atoms with Crippen LogP contribution >= 0.6 is 0 Å². The van der Waals surface area contributed by atoms with E-state index in [4.69, 9.17) is 18.9 Å². The maximum atomic E-state index is 13.7. The summed E-state index contributed by atoms with van der Waals surface area (Å²) in [5, 5.41) is 8.17. The number of alkyl carbamates (subject to hydrolysis) is 1. The van der Waals surface area contributed by atoms with Gasteiger partial charge in [0.05, 0.1) is 20.8 Å². The molecule has 40 heavy (non-hydrogen) atoms. The molecule has 1 aromatic carbocycles. The van der Waals surface area contributed by atoms with Gasteiger partial charge in [0.25, 0.3) is 0 Å². The standard InChI is InChI=1S/C29H47N3O8/c1-10-16-39-18-23(25(34)38-9)30-26(35)29(7,19(3)11-2)32-24(33)22(31-27(36)40-28(4,5)6)17-20-12-14-21(37-8)15-13-20/h12-15,19,22-23H,10-11,16-18H2,1-9H3,(H,30,35)(H,31,36)(H,32,33)/t19?,22-,23-,29?/m0/s1. The number of nitrogens with one attached hydrogen (secondary N) is 3. The maximum absolute atomic E-state index is 13.7. The molecule has 0 aliphatic heterocycles. The van der Waals surface area contributed by atoms with E-state index in [9.17, 15) is 19.2 Å². The van der Waals surface area contributed by atoms with E-state index in [1.165, 1.54) is 7.11 Å². The fourth-order valence-electron chi connectivity index (χ4n) is 3.78. The molecule has 0 saturated heterocycles. The van der Waals surface area contributed by atoms with Crippen molar-refractivity contribution in [1.82, 2.24) is 16.0 Å². The van der Waals surface area contributed by atoms with Crippen molar-refractivity contribution in [3.63, 3.8) is 0 Å². The van der Waals surface area contributed by atoms with Gasteiger partial charge in [-0.15, -0.1) is 0 Å². The van der Waals surface area contributed by atoms with Crippen LogP contribution in [0.25, 0.3) is 0 Å². The van der Waals surface area contributed by atoms with Gasteiger partial charge in [0.15, 0.2) is 6.04 Å². The second kappa shape index (κ2) is 16.1. The van der Waals surface area contributed by atoms with Crippen LogP contribution in [0.5, 0.6) is 5.75 Å². The van der Waals surface area contributed by atoms with E-state index in [1.54, 1.807) is 59.1 Å². The van der Waals surface area contributed by atoms with Gasteiger partial charge in [0.1, 0.15) is 22.9 Å². The molecule has 0 heterocycles. The average Bonchev–Trinajstić information content (AvgIpc) is 2.90. The van der Waals surface area contributed by atoms with Crippen molar-refractivity contribution in [3.05, 3.63) is 29.8 Å². The smallest absolute Gasteiger partial charge is 0.408 e. The SMILES string of the molecule is CCCOC[C@H](NC(=O)C(C)(NC(=O)[C@H](Cc1ccc(OC)cc1)NC(=O)OC(C)(C)C)C(C)CC)C(=O)OC. The molecule has 0 spiro atoms. The quantitative estimate of drug-likeness (QED) is 0.218. The van der Waals surface area contributed by atoms with Crippen molar-refractivity contribution in [2.45, 2.75) is 91.0 Å². The Labute approximate surface area is 238 Å². The van der Waals surface area contributed by atoms with Crippen LogP contribution in [-0.2, 0) is 35.0 Å². The number of hydrogen-bond acceptors (Lipinski definition) is 8. The van der Waals surface area contributed by atoms with Crippen molar-refractivity contribution in [1.29, 1.82) is 0 Å². The molecular weight excluding hydrogens is 518 g/mol. The minimum atomic E-state index is -1.43. The first-order valence-corrected chi connectivity index (χ1v) is 13.6. The molecule has 1 rings (SSSR count). The Balaban J connectivity index is 3.27. The highest BCUT2D eigenvalue weighted by Crippen LogP contribution is 2.22. The van der Waals surface area contributed by atoms with Crippen molar-refractivity contribution < 1.29 is 38.1 Å². The van der Waals surface area contributed by atoms with Crippen molar-refractivity contribution >= 4 is 23.9 Å². The van der Waals surface area contributed by atoms with Gasteiger partial charge in [-0.25, -0.2) is 9.59 Å². The molecule has 0 aromatic heterocycles. The molecule has 0 bridgehead atoms. The normalized spacial score (nSPS) is 15.0. The molecule has 0 radical (unpaired) electrons. The molecule has 3 amide bonds. The van der Waals surface area contributed by atoms with E-state index in [1.807, 2.05) is 20.8 Å². The molecule has 0 saturated carbocycles. The lowest BCUT2D eigenvalue weighted by Gasteiger charge is -2.37. The third-order valence-corrected chi connectivity index (χ3v) is 6.48. The van der Waals surface area contributed by atoms with Crippen LogP contribution in [0.2, 0.25) is 0 Å². The lowest BCUT2D eigenvalue weighted by Crippen LogP contribution is -2.65. The van der Waals surface area contributed by atoms with Crippen molar-refractivity contribution in [3.8, 4) is 5.75 Å². The van der Waals surface area contributed by atoms with Gasteiger partial charge in [0.2, 0.25) is 11.8 Å². The Kier molecular flexibility index (Phi) is 13.9. The van der Waals surface area contributed by atoms with E-state index in [2.05, 4.69) is 16.0 Å². The number of carbonyl (C=O) groups excluding carboxylic acids is 4. The third kappa shape index (κ3) is 11.0. The van der Waals surface area contributed by atoms with E-state index >= 15 is 0 Å². The van der Waals surface area contributed by atoms with Gasteiger partial charge in [-0.3, -0.25) is 9.59 Å². The summed E-state index contributed by atoms with van der Waals surface area (Å²) in [6.07, 6.45) is 0.642. The van der Waals surface area contributed by atoms with Crippen LogP contribution in [0.3, 0.4) is 0 Å². The molecule has 0 aliphatic carbocycles. The fraction of sp³-hybridized carbons (Fsp3) is 0.655. The predicted molar refractivity (Wildman–Crippen MR) is 151 cm³/mol. The van der Waals surface area contributed by atoms with Crippen LogP contribution < -0.4 is 20.7 Å². The van der Waals surface area contributed by atoms with Gasteiger partial charge in [-0.2, -0.15) is 0 Å². The molecule has 0 aliphatic rings. The number of ether oxygens (including phenoxy) is 4. The predicted octanol–water partition coefficient (Wildman–Crippen LogP) is 3.14. The lowest BCUT2D eigenvalue weighted by molar-refractivity contribution is -0.148. The second-order valence-electron chi connectivity index (χ2n) is 10.9. The molecule has 1 aromatic rings. The Morgan fingerprint density at radius 3 is 2.05 bits per heavy atom. The Hall–Kier alpha value is -3.34. The Bertz CT molecular complexity index is 976. The first kappa shape index (κ1) is 34.7. The van der Waals surface area contributed by atoms with Crippen LogP contribution in [-0.4, -0.2) is 74.5 Å². The van der Waals surface area contributed by atoms with Crippen molar-refractivity contribution in [2.75, 3.05) is 27.4 Å². The number of benzene rings is 1. The van der Waals surface area contributed by atoms with E-state index in [0.29, 0.717) is 18.8 Å². The van der Waals surface area contributed by atoms with Gasteiger partial charge in [-0.1, -0.05) is 39.3 Å². The van der Waals surface area contributed by atoms with E-state index < -0.39 is 47.1 Å². The topological polar surface area (TPSA) is 141 Å². The highest BCUT2D eigenvalue weighted by Gasteiger charge is 2.42. The number of methoxy groups -OCH3 is 2. The van der Waals surface area contributed by atoms with Gasteiger partial charge >= 0.3 is 12.1 Å². The highest BCUT2D eigenvalue weighted by atomic mass is 16.6. The fourth-order valence-corrected chi connectivity index (χ4v) is 3.78. The summed E-state index contributed by atoms with van der Waals surface area (Å²) in [6.45, 7) is 12.7. The van der Waals surface area contributed by atoms with Gasteiger partial charge in [-0.05, 0) is 57.7 Å². The minimum Gasteiger partial charge on any atom is -0.497 e. The third-order valence-electron chi connectivity index (χ3n) is 6.48. The van der Waals surface area contributed by atoms with Gasteiger partial charge < -0.3 is 34.9 Å². The van der Waals surface area contributed by atoms with Crippen LogP contribution in [0.4, 0.5) is 4.79 Å². The molecule has 0 fully saturated rings. The zero-order valence-electron chi connectivity index (χ0n) is 25.3. The largest absolute Gasteiger partial charge is 0.497 e. The molecule has 11 nitrogen and oxygen atoms in total. The molecular formula is C29H47N3O8. The second-order valence-corrected chi connectivity index (χ2v) is 10.9. The number of amides is 3. The van der Waals surface area contributed by atoms with Crippen LogP contribution in [0, 0.1) is 5.92 Å². The highest BCUT2D eigenvalue weighted by molar-refractivity contribution is 5.96. The number of esters is 1. The molecule has 11 heteroatoms.